The second-order valence-corrected chi connectivity index (χ2v) is 12.7. The fourth-order valence-electron chi connectivity index (χ4n) is 5.42. The van der Waals surface area contributed by atoms with E-state index in [0.29, 0.717) is 58.7 Å². The van der Waals surface area contributed by atoms with Gasteiger partial charge in [0.15, 0.2) is 0 Å². The molecule has 2 saturated heterocycles. The van der Waals surface area contributed by atoms with Crippen molar-refractivity contribution in [2.75, 3.05) is 24.5 Å². The third kappa shape index (κ3) is 7.97. The summed E-state index contributed by atoms with van der Waals surface area (Å²) in [5, 5.41) is 8.71. The molecule has 0 atom stereocenters. The zero-order valence-corrected chi connectivity index (χ0v) is 25.7. The number of rotatable bonds is 14. The van der Waals surface area contributed by atoms with Crippen LogP contribution in [0, 0.1) is 12.8 Å². The van der Waals surface area contributed by atoms with E-state index in [4.69, 9.17) is 28.0 Å². The van der Waals surface area contributed by atoms with Gasteiger partial charge in [0.05, 0.1) is 10.5 Å². The number of nitrogens with zero attached hydrogens (tertiary/aromatic N) is 4. The Morgan fingerprint density at radius 1 is 1.07 bits per heavy atom. The number of carboxylic acids is 1. The first-order valence-corrected chi connectivity index (χ1v) is 15.9. The number of carbonyl (C=O) groups is 3. The average Bonchev–Trinajstić information content (AvgIpc) is 3.22. The predicted octanol–water partition coefficient (Wildman–Crippen LogP) is 4.50. The molecule has 42 heavy (non-hydrogen) atoms. The Hall–Kier alpha value is -3.25. The highest BCUT2D eigenvalue weighted by atomic mass is 32.2. The Bertz CT molecular complexity index is 1430. The first-order valence-electron chi connectivity index (χ1n) is 14.7. The molecular weight excluding hydrogens is 574 g/mol. The van der Waals surface area contributed by atoms with E-state index in [2.05, 4.69) is 0 Å². The molecule has 10 nitrogen and oxygen atoms in total. The normalized spacial score (nSPS) is 17.1. The maximum Gasteiger partial charge on any atom is 0.303 e. The number of fused-ring (bicyclic) bond motifs is 1. The number of piperidine rings is 1. The van der Waals surface area contributed by atoms with Gasteiger partial charge in [-0.1, -0.05) is 68.6 Å². The number of hydrogen-bond donors (Lipinski definition) is 2. The number of aryl methyl sites for hydroxylation is 1. The van der Waals surface area contributed by atoms with Crippen molar-refractivity contribution in [2.24, 2.45) is 11.7 Å². The molecule has 0 radical (unpaired) electrons. The Balaban J connectivity index is 1.43. The Labute approximate surface area is 255 Å². The van der Waals surface area contributed by atoms with Crippen LogP contribution in [0.15, 0.2) is 28.0 Å². The SMILES string of the molecule is Cc1ccc2nc(N3CCC(C(N)=O)CC3)c(C=C3SC(=S)N(CCCCCCCCCCC(=O)O)C3=O)c(=O)n2c1. The molecule has 4 heterocycles. The smallest absolute Gasteiger partial charge is 0.303 e. The van der Waals surface area contributed by atoms with Crippen LogP contribution in [-0.4, -0.2) is 61.1 Å². The zero-order valence-electron chi connectivity index (χ0n) is 24.0. The lowest BCUT2D eigenvalue weighted by Gasteiger charge is -2.32. The molecule has 0 aliphatic carbocycles. The molecule has 2 aromatic heterocycles. The van der Waals surface area contributed by atoms with Crippen LogP contribution in [0.3, 0.4) is 0 Å². The van der Waals surface area contributed by atoms with Crippen molar-refractivity contribution in [1.29, 1.82) is 0 Å². The molecule has 0 spiro atoms. The van der Waals surface area contributed by atoms with Gasteiger partial charge in [-0.3, -0.25) is 28.5 Å². The van der Waals surface area contributed by atoms with Crippen molar-refractivity contribution in [3.8, 4) is 0 Å². The zero-order chi connectivity index (χ0) is 30.2. The minimum absolute atomic E-state index is 0.199. The summed E-state index contributed by atoms with van der Waals surface area (Å²) in [6.45, 7) is 3.50. The fourth-order valence-corrected chi connectivity index (χ4v) is 6.71. The largest absolute Gasteiger partial charge is 0.481 e. The standard InChI is InChI=1S/C30H39N5O5S2/c1-20-11-12-24-32-27(33-16-13-21(14-17-33)26(31)38)22(28(39)35(24)19-20)18-23-29(40)34(30(41)42-23)15-9-7-5-3-2-4-6-8-10-25(36)37/h11-12,18-19,21H,2-10,13-17H2,1H3,(H2,31,38)(H,36,37). The summed E-state index contributed by atoms with van der Waals surface area (Å²) in [4.78, 5) is 58.2. The van der Waals surface area contributed by atoms with E-state index in [-0.39, 0.29) is 29.7 Å². The Kier molecular flexibility index (Phi) is 11.1. The van der Waals surface area contributed by atoms with Gasteiger partial charge in [0, 0.05) is 38.2 Å². The van der Waals surface area contributed by atoms with Crippen LogP contribution in [0.2, 0.25) is 0 Å². The number of thioether (sulfide) groups is 1. The highest BCUT2D eigenvalue weighted by Gasteiger charge is 2.33. The number of aromatic nitrogens is 2. The molecule has 2 aliphatic rings. The molecule has 0 aromatic carbocycles. The van der Waals surface area contributed by atoms with Gasteiger partial charge in [-0.15, -0.1) is 0 Å². The molecule has 2 amide bonds. The number of aliphatic carboxylic acids is 1. The van der Waals surface area contributed by atoms with Crippen LogP contribution in [0.1, 0.15) is 81.8 Å². The van der Waals surface area contributed by atoms with E-state index < -0.39 is 5.97 Å². The number of thiocarbonyl (C=S) groups is 1. The lowest BCUT2D eigenvalue weighted by Crippen LogP contribution is -2.40. The molecule has 0 unspecified atom stereocenters. The quantitative estimate of drug-likeness (QED) is 0.179. The van der Waals surface area contributed by atoms with Gasteiger partial charge in [0.2, 0.25) is 5.91 Å². The third-order valence-electron chi connectivity index (χ3n) is 7.85. The number of carbonyl (C=O) groups excluding carboxylic acids is 2. The van der Waals surface area contributed by atoms with Crippen molar-refractivity contribution < 1.29 is 19.5 Å². The summed E-state index contributed by atoms with van der Waals surface area (Å²) in [5.41, 5.74) is 7.03. The first-order chi connectivity index (χ1) is 20.2. The summed E-state index contributed by atoms with van der Waals surface area (Å²) >= 11 is 6.75. The lowest BCUT2D eigenvalue weighted by atomic mass is 9.96. The minimum Gasteiger partial charge on any atom is -0.481 e. The predicted molar refractivity (Wildman–Crippen MR) is 169 cm³/mol. The first kappa shape index (κ1) is 31.7. The van der Waals surface area contributed by atoms with Crippen LogP contribution in [0.4, 0.5) is 5.82 Å². The maximum absolute atomic E-state index is 13.7. The van der Waals surface area contributed by atoms with Crippen LogP contribution >= 0.6 is 24.0 Å². The van der Waals surface area contributed by atoms with Crippen molar-refractivity contribution in [2.45, 2.75) is 77.6 Å². The molecule has 226 valence electrons. The van der Waals surface area contributed by atoms with Gasteiger partial charge >= 0.3 is 5.97 Å². The van der Waals surface area contributed by atoms with Crippen molar-refractivity contribution in [1.82, 2.24) is 14.3 Å². The van der Waals surface area contributed by atoms with Gasteiger partial charge in [0.25, 0.3) is 11.5 Å². The molecule has 2 aromatic rings. The summed E-state index contributed by atoms with van der Waals surface area (Å²) in [5.74, 6) is -0.947. The molecule has 0 bridgehead atoms. The van der Waals surface area contributed by atoms with E-state index >= 15 is 0 Å². The van der Waals surface area contributed by atoms with E-state index in [1.54, 1.807) is 23.2 Å². The van der Waals surface area contributed by atoms with Crippen molar-refractivity contribution in [3.05, 3.63) is 44.7 Å². The monoisotopic (exact) mass is 613 g/mol. The Morgan fingerprint density at radius 3 is 2.36 bits per heavy atom. The van der Waals surface area contributed by atoms with E-state index in [0.717, 1.165) is 56.9 Å². The molecular formula is C30H39N5O5S2. The summed E-state index contributed by atoms with van der Waals surface area (Å²) in [6, 6.07) is 3.71. The number of pyridine rings is 1. The molecule has 2 aliphatic heterocycles. The van der Waals surface area contributed by atoms with Crippen LogP contribution in [0.25, 0.3) is 11.7 Å². The second kappa shape index (κ2) is 14.8. The van der Waals surface area contributed by atoms with E-state index in [9.17, 15) is 19.2 Å². The molecule has 0 saturated carbocycles. The van der Waals surface area contributed by atoms with E-state index in [1.165, 1.54) is 16.2 Å². The topological polar surface area (TPSA) is 138 Å². The number of anilines is 1. The van der Waals surface area contributed by atoms with Crippen molar-refractivity contribution in [3.63, 3.8) is 0 Å². The summed E-state index contributed by atoms with van der Waals surface area (Å²) in [7, 11) is 0. The molecule has 4 rings (SSSR count). The number of nitrogens with two attached hydrogens (primary N) is 1. The number of hydrogen-bond acceptors (Lipinski definition) is 8. The van der Waals surface area contributed by atoms with Crippen LogP contribution in [0.5, 0.6) is 0 Å². The average molecular weight is 614 g/mol. The highest BCUT2D eigenvalue weighted by molar-refractivity contribution is 8.26. The van der Waals surface area contributed by atoms with E-state index in [1.807, 2.05) is 17.9 Å². The number of unbranched alkanes of at least 4 members (excludes halogenated alkanes) is 7. The molecule has 2 fully saturated rings. The number of primary amides is 1. The van der Waals surface area contributed by atoms with Gasteiger partial charge in [-0.25, -0.2) is 4.98 Å². The summed E-state index contributed by atoms with van der Waals surface area (Å²) < 4.78 is 1.99. The number of carboxylic acid groups (broad SMARTS) is 1. The second-order valence-electron chi connectivity index (χ2n) is 11.1. The number of amides is 2. The molecule has 12 heteroatoms. The maximum atomic E-state index is 13.7. The van der Waals surface area contributed by atoms with Crippen LogP contribution in [-0.2, 0) is 14.4 Å². The fraction of sp³-hybridized carbons (Fsp3) is 0.533. The van der Waals surface area contributed by atoms with Gasteiger partial charge in [0.1, 0.15) is 15.8 Å². The Morgan fingerprint density at radius 2 is 1.71 bits per heavy atom. The minimum atomic E-state index is -0.737. The van der Waals surface area contributed by atoms with Gasteiger partial charge in [-0.05, 0) is 50.3 Å². The van der Waals surface area contributed by atoms with Crippen LogP contribution < -0.4 is 16.2 Å². The van der Waals surface area contributed by atoms with Gasteiger partial charge in [-0.2, -0.15) is 0 Å². The summed E-state index contributed by atoms with van der Waals surface area (Å²) in [6.07, 6.45) is 12.5. The van der Waals surface area contributed by atoms with Crippen molar-refractivity contribution >= 4 is 63.6 Å². The highest BCUT2D eigenvalue weighted by Crippen LogP contribution is 2.34. The van der Waals surface area contributed by atoms with Gasteiger partial charge < -0.3 is 15.7 Å². The molecule has 3 N–H and O–H groups in total. The third-order valence-corrected chi connectivity index (χ3v) is 9.23. The lowest BCUT2D eigenvalue weighted by molar-refractivity contribution is -0.137.